The van der Waals surface area contributed by atoms with Crippen LogP contribution in [0.15, 0.2) is 41.1 Å². The fourth-order valence-corrected chi connectivity index (χ4v) is 3.38. The summed E-state index contributed by atoms with van der Waals surface area (Å²) < 4.78 is 26.3. The van der Waals surface area contributed by atoms with Gasteiger partial charge in [0.2, 0.25) is 10.0 Å². The van der Waals surface area contributed by atoms with Crippen LogP contribution in [0.4, 0.5) is 5.69 Å². The summed E-state index contributed by atoms with van der Waals surface area (Å²) in [5, 5.41) is 3.59. The average molecular weight is 282 g/mol. The molecule has 6 heteroatoms. The minimum absolute atomic E-state index is 0.0340. The Hall–Kier alpha value is -1.37. The molecular weight excluding hydrogens is 268 g/mol. The fraction of sp³-hybridized carbons (Fsp3) is 0.167. The van der Waals surface area contributed by atoms with Crippen LogP contribution in [0.3, 0.4) is 0 Å². The molecule has 0 amide bonds. The lowest BCUT2D eigenvalue weighted by Gasteiger charge is -2.06. The lowest BCUT2D eigenvalue weighted by Crippen LogP contribution is -2.14. The largest absolute Gasteiger partial charge is 0.326 e. The molecule has 0 bridgehead atoms. The molecule has 2 aromatic rings. The van der Waals surface area contributed by atoms with E-state index >= 15 is 0 Å². The molecule has 1 aromatic carbocycles. The molecule has 0 aliphatic carbocycles. The number of nitrogens with two attached hydrogens (primary N) is 1. The summed E-state index contributed by atoms with van der Waals surface area (Å²) in [7, 11) is -3.35. The minimum Gasteiger partial charge on any atom is -0.326 e. The van der Waals surface area contributed by atoms with Crippen molar-refractivity contribution in [2.75, 3.05) is 4.72 Å². The highest BCUT2D eigenvalue weighted by atomic mass is 32.2. The van der Waals surface area contributed by atoms with E-state index in [2.05, 4.69) is 4.72 Å². The third-order valence-corrected chi connectivity index (χ3v) is 4.35. The van der Waals surface area contributed by atoms with Gasteiger partial charge < -0.3 is 5.73 Å². The van der Waals surface area contributed by atoms with Crippen LogP contribution in [-0.4, -0.2) is 8.42 Å². The highest BCUT2D eigenvalue weighted by Crippen LogP contribution is 2.16. The molecule has 0 aliphatic heterocycles. The first-order chi connectivity index (χ1) is 8.59. The van der Waals surface area contributed by atoms with Gasteiger partial charge in [0.25, 0.3) is 0 Å². The second-order valence-electron chi connectivity index (χ2n) is 3.89. The molecule has 0 aliphatic rings. The molecular formula is C12H14N2O2S2. The van der Waals surface area contributed by atoms with Crippen LogP contribution < -0.4 is 10.5 Å². The maximum Gasteiger partial charge on any atom is 0.236 e. The molecule has 0 spiro atoms. The summed E-state index contributed by atoms with van der Waals surface area (Å²) >= 11 is 1.45. The number of anilines is 1. The second-order valence-corrected chi connectivity index (χ2v) is 6.40. The summed E-state index contributed by atoms with van der Waals surface area (Å²) in [4.78, 5) is 0. The van der Waals surface area contributed by atoms with Gasteiger partial charge >= 0.3 is 0 Å². The third kappa shape index (κ3) is 3.56. The number of hydrogen-bond acceptors (Lipinski definition) is 4. The van der Waals surface area contributed by atoms with Crippen LogP contribution >= 0.6 is 11.3 Å². The van der Waals surface area contributed by atoms with Gasteiger partial charge in [-0.25, -0.2) is 8.42 Å². The quantitative estimate of drug-likeness (QED) is 0.882. The summed E-state index contributed by atoms with van der Waals surface area (Å²) in [6, 6.07) is 8.99. The zero-order valence-corrected chi connectivity index (χ0v) is 11.3. The molecule has 1 heterocycles. The van der Waals surface area contributed by atoms with Gasteiger partial charge in [0.1, 0.15) is 0 Å². The Labute approximate surface area is 111 Å². The molecule has 0 saturated carbocycles. The van der Waals surface area contributed by atoms with Gasteiger partial charge in [0.15, 0.2) is 0 Å². The Morgan fingerprint density at radius 2 is 1.78 bits per heavy atom. The van der Waals surface area contributed by atoms with E-state index in [-0.39, 0.29) is 5.75 Å². The molecule has 96 valence electrons. The molecule has 18 heavy (non-hydrogen) atoms. The summed E-state index contributed by atoms with van der Waals surface area (Å²) in [6.45, 7) is 0.459. The number of nitrogens with one attached hydrogen (secondary N) is 1. The third-order valence-electron chi connectivity index (χ3n) is 2.41. The van der Waals surface area contributed by atoms with Gasteiger partial charge in [-0.3, -0.25) is 4.72 Å². The van der Waals surface area contributed by atoms with E-state index in [1.165, 1.54) is 11.3 Å². The van der Waals surface area contributed by atoms with Crippen LogP contribution in [0.25, 0.3) is 0 Å². The summed E-state index contributed by atoms with van der Waals surface area (Å²) in [5.74, 6) is -0.0340. The van der Waals surface area contributed by atoms with Gasteiger partial charge in [-0.1, -0.05) is 24.3 Å². The number of thiophene rings is 1. The lowest BCUT2D eigenvalue weighted by atomic mass is 10.1. The zero-order valence-electron chi connectivity index (χ0n) is 9.67. The molecule has 3 N–H and O–H groups in total. The molecule has 2 rings (SSSR count). The SMILES string of the molecule is NCc1ccc(CS(=O)(=O)Nc2ccsc2)cc1. The minimum atomic E-state index is -3.35. The molecule has 0 unspecified atom stereocenters. The second kappa shape index (κ2) is 5.51. The van der Waals surface area contributed by atoms with E-state index in [1.807, 2.05) is 17.5 Å². The van der Waals surface area contributed by atoms with Gasteiger partial charge in [-0.05, 0) is 22.6 Å². The van der Waals surface area contributed by atoms with Crippen molar-refractivity contribution in [2.45, 2.75) is 12.3 Å². The van der Waals surface area contributed by atoms with Crippen LogP contribution in [0.1, 0.15) is 11.1 Å². The van der Waals surface area contributed by atoms with Crippen LogP contribution in [0, 0.1) is 0 Å². The van der Waals surface area contributed by atoms with E-state index in [1.54, 1.807) is 23.6 Å². The van der Waals surface area contributed by atoms with E-state index in [0.29, 0.717) is 12.2 Å². The van der Waals surface area contributed by atoms with Crippen LogP contribution in [0.2, 0.25) is 0 Å². The lowest BCUT2D eigenvalue weighted by molar-refractivity contribution is 0.600. The normalized spacial score (nSPS) is 11.4. The van der Waals surface area contributed by atoms with Crippen LogP contribution in [0.5, 0.6) is 0 Å². The van der Waals surface area contributed by atoms with Crippen molar-refractivity contribution in [1.29, 1.82) is 0 Å². The maximum atomic E-state index is 11.9. The summed E-state index contributed by atoms with van der Waals surface area (Å²) in [6.07, 6.45) is 0. The highest BCUT2D eigenvalue weighted by molar-refractivity contribution is 7.91. The topological polar surface area (TPSA) is 72.2 Å². The van der Waals surface area contributed by atoms with Crippen molar-refractivity contribution in [3.8, 4) is 0 Å². The predicted molar refractivity (Wildman–Crippen MR) is 74.9 cm³/mol. The zero-order chi connectivity index (χ0) is 13.0. The van der Waals surface area contributed by atoms with Crippen molar-refractivity contribution >= 4 is 27.0 Å². The maximum absolute atomic E-state index is 11.9. The average Bonchev–Trinajstić information content (AvgIpc) is 2.81. The van der Waals surface area contributed by atoms with Crippen molar-refractivity contribution in [3.63, 3.8) is 0 Å². The molecule has 0 atom stereocenters. The Balaban J connectivity index is 2.07. The summed E-state index contributed by atoms with van der Waals surface area (Å²) in [5.41, 5.74) is 7.83. The Kier molecular flexibility index (Phi) is 4.00. The Morgan fingerprint density at radius 3 is 2.33 bits per heavy atom. The first kappa shape index (κ1) is 13.1. The first-order valence-corrected chi connectivity index (χ1v) is 7.99. The number of sulfonamides is 1. The number of benzene rings is 1. The monoisotopic (exact) mass is 282 g/mol. The molecule has 0 saturated heterocycles. The van der Waals surface area contributed by atoms with Crippen LogP contribution in [-0.2, 0) is 22.3 Å². The fourth-order valence-electron chi connectivity index (χ4n) is 1.53. The van der Waals surface area contributed by atoms with E-state index < -0.39 is 10.0 Å². The Morgan fingerprint density at radius 1 is 1.11 bits per heavy atom. The molecule has 1 aromatic heterocycles. The van der Waals surface area contributed by atoms with Crippen molar-refractivity contribution < 1.29 is 8.42 Å². The van der Waals surface area contributed by atoms with E-state index in [0.717, 1.165) is 11.1 Å². The van der Waals surface area contributed by atoms with Gasteiger partial charge in [0, 0.05) is 11.9 Å². The number of rotatable bonds is 5. The molecule has 0 fully saturated rings. The van der Waals surface area contributed by atoms with Gasteiger partial charge in [-0.15, -0.1) is 0 Å². The standard InChI is InChI=1S/C12H14N2O2S2/c13-7-10-1-3-11(4-2-10)9-18(15,16)14-12-5-6-17-8-12/h1-6,8,14H,7,9,13H2. The molecule has 4 nitrogen and oxygen atoms in total. The van der Waals surface area contributed by atoms with Gasteiger partial charge in [-0.2, -0.15) is 11.3 Å². The molecule has 0 radical (unpaired) electrons. The first-order valence-electron chi connectivity index (χ1n) is 5.39. The van der Waals surface area contributed by atoms with E-state index in [9.17, 15) is 8.42 Å². The Bertz CT molecular complexity index is 590. The van der Waals surface area contributed by atoms with Crippen molar-refractivity contribution in [2.24, 2.45) is 5.73 Å². The van der Waals surface area contributed by atoms with Gasteiger partial charge in [0.05, 0.1) is 11.4 Å². The van der Waals surface area contributed by atoms with E-state index in [4.69, 9.17) is 5.73 Å². The number of hydrogen-bond donors (Lipinski definition) is 2. The predicted octanol–water partition coefficient (Wildman–Crippen LogP) is 2.15. The highest BCUT2D eigenvalue weighted by Gasteiger charge is 2.11. The van der Waals surface area contributed by atoms with Crippen molar-refractivity contribution in [1.82, 2.24) is 0 Å². The smallest absolute Gasteiger partial charge is 0.236 e. The van der Waals surface area contributed by atoms with Crippen molar-refractivity contribution in [3.05, 3.63) is 52.2 Å².